The van der Waals surface area contributed by atoms with Gasteiger partial charge in [-0.15, -0.1) is 9.94 Å². The first kappa shape index (κ1) is 14.2. The highest BCUT2D eigenvalue weighted by Crippen LogP contribution is 2.29. The molecule has 0 unspecified atom stereocenters. The highest BCUT2D eigenvalue weighted by molar-refractivity contribution is 5.78. The Morgan fingerprint density at radius 3 is 2.96 bits per heavy atom. The molecule has 1 fully saturated rings. The number of pyridine rings is 1. The summed E-state index contributed by atoms with van der Waals surface area (Å²) >= 11 is 0. The smallest absolute Gasteiger partial charge is 0.0738 e. The monoisotopic (exact) mass is 308 g/mol. The van der Waals surface area contributed by atoms with E-state index < -0.39 is 0 Å². The van der Waals surface area contributed by atoms with E-state index in [4.69, 9.17) is 0 Å². The number of benzene rings is 1. The summed E-state index contributed by atoms with van der Waals surface area (Å²) in [6.45, 7) is 2.06. The highest BCUT2D eigenvalue weighted by Gasteiger charge is 2.21. The summed E-state index contributed by atoms with van der Waals surface area (Å²) in [5, 5.41) is 18.6. The zero-order chi connectivity index (χ0) is 15.6. The van der Waals surface area contributed by atoms with Crippen LogP contribution in [0.15, 0.2) is 42.7 Å². The van der Waals surface area contributed by atoms with Crippen LogP contribution >= 0.6 is 0 Å². The van der Waals surface area contributed by atoms with E-state index in [1.54, 1.807) is 6.20 Å². The Morgan fingerprint density at radius 1 is 1.22 bits per heavy atom. The average Bonchev–Trinajstić information content (AvgIpc) is 2.96. The summed E-state index contributed by atoms with van der Waals surface area (Å²) in [5.41, 5.74) is 4.31. The molecule has 0 atom stereocenters. The fourth-order valence-corrected chi connectivity index (χ4v) is 3.44. The molecule has 5 nitrogen and oxygen atoms in total. The minimum atomic E-state index is 0.478. The lowest BCUT2D eigenvalue weighted by Gasteiger charge is -2.22. The molecule has 0 amide bonds. The summed E-state index contributed by atoms with van der Waals surface area (Å²) < 4.78 is 0. The van der Waals surface area contributed by atoms with Crippen molar-refractivity contribution in [2.24, 2.45) is 0 Å². The molecule has 0 radical (unpaired) electrons. The molecule has 2 aromatic heterocycles. The van der Waals surface area contributed by atoms with Gasteiger partial charge in [-0.1, -0.05) is 18.2 Å². The summed E-state index contributed by atoms with van der Waals surface area (Å²) in [6.07, 6.45) is 6.49. The number of hydrogen-bond acceptors (Lipinski definition) is 4. The Balaban J connectivity index is 1.64. The molecular weight excluding hydrogens is 288 g/mol. The first-order valence-electron chi connectivity index (χ1n) is 8.12. The molecular formula is C18H20N4O. The standard InChI is InChI=1S/C18H20N4O/c23-22-12-16(14-5-8-19-9-6-14)18(21-22)11-13-3-4-15-2-1-7-20-17(15)10-13/h1-4,7,10,12,14,19,23H,5-6,8-9,11H2. The molecule has 0 saturated carbocycles. The minimum absolute atomic E-state index is 0.478. The molecule has 23 heavy (non-hydrogen) atoms. The van der Waals surface area contributed by atoms with Crippen molar-refractivity contribution in [2.75, 3.05) is 13.1 Å². The number of piperidine rings is 1. The van der Waals surface area contributed by atoms with Gasteiger partial charge < -0.3 is 10.5 Å². The fraction of sp³-hybridized carbons (Fsp3) is 0.333. The zero-order valence-electron chi connectivity index (χ0n) is 12.9. The largest absolute Gasteiger partial charge is 0.412 e. The molecule has 1 saturated heterocycles. The number of fused-ring (bicyclic) bond motifs is 1. The maximum absolute atomic E-state index is 9.79. The van der Waals surface area contributed by atoms with E-state index in [9.17, 15) is 5.21 Å². The van der Waals surface area contributed by atoms with Crippen LogP contribution in [0.5, 0.6) is 0 Å². The van der Waals surface area contributed by atoms with Crippen LogP contribution in [-0.4, -0.2) is 33.2 Å². The Bertz CT molecular complexity index is 821. The third kappa shape index (κ3) is 2.92. The van der Waals surface area contributed by atoms with Gasteiger partial charge in [0.05, 0.1) is 17.4 Å². The van der Waals surface area contributed by atoms with E-state index >= 15 is 0 Å². The van der Waals surface area contributed by atoms with Gasteiger partial charge in [0.15, 0.2) is 0 Å². The molecule has 0 spiro atoms. The van der Waals surface area contributed by atoms with Crippen LogP contribution in [0, 0.1) is 0 Å². The van der Waals surface area contributed by atoms with Crippen molar-refractivity contribution in [3.8, 4) is 0 Å². The summed E-state index contributed by atoms with van der Waals surface area (Å²) in [4.78, 5) is 5.38. The van der Waals surface area contributed by atoms with Gasteiger partial charge in [-0.2, -0.15) is 0 Å². The maximum atomic E-state index is 9.79. The van der Waals surface area contributed by atoms with Gasteiger partial charge in [0.2, 0.25) is 0 Å². The third-order valence-corrected chi connectivity index (χ3v) is 4.63. The second-order valence-corrected chi connectivity index (χ2v) is 6.18. The first-order chi connectivity index (χ1) is 11.3. The SMILES string of the molecule is On1cc(C2CCNCC2)c(Cc2ccc3cccnc3c2)n1. The summed E-state index contributed by atoms with van der Waals surface area (Å²) in [7, 11) is 0. The summed E-state index contributed by atoms with van der Waals surface area (Å²) in [5.74, 6) is 0.478. The lowest BCUT2D eigenvalue weighted by Crippen LogP contribution is -2.26. The van der Waals surface area contributed by atoms with E-state index in [0.29, 0.717) is 5.92 Å². The lowest BCUT2D eigenvalue weighted by atomic mass is 9.89. The van der Waals surface area contributed by atoms with Crippen molar-refractivity contribution in [3.63, 3.8) is 0 Å². The number of rotatable bonds is 3. The van der Waals surface area contributed by atoms with Crippen molar-refractivity contribution in [1.29, 1.82) is 0 Å². The molecule has 1 aliphatic heterocycles. The van der Waals surface area contributed by atoms with Crippen LogP contribution in [0.25, 0.3) is 10.9 Å². The molecule has 0 aliphatic carbocycles. The van der Waals surface area contributed by atoms with Gasteiger partial charge in [0.1, 0.15) is 0 Å². The van der Waals surface area contributed by atoms with Crippen molar-refractivity contribution < 1.29 is 5.21 Å². The van der Waals surface area contributed by atoms with Crippen LogP contribution in [0.1, 0.15) is 35.6 Å². The molecule has 4 rings (SSSR count). The van der Waals surface area contributed by atoms with Gasteiger partial charge in [0.25, 0.3) is 0 Å². The van der Waals surface area contributed by atoms with Crippen molar-refractivity contribution in [3.05, 3.63) is 59.5 Å². The van der Waals surface area contributed by atoms with Crippen LogP contribution in [0.3, 0.4) is 0 Å². The predicted molar refractivity (Wildman–Crippen MR) is 88.8 cm³/mol. The number of aromatic nitrogens is 3. The molecule has 5 heteroatoms. The Kier molecular flexibility index (Phi) is 3.71. The molecule has 118 valence electrons. The van der Waals surface area contributed by atoms with Crippen molar-refractivity contribution >= 4 is 10.9 Å². The lowest BCUT2D eigenvalue weighted by molar-refractivity contribution is 0.147. The van der Waals surface area contributed by atoms with E-state index in [2.05, 4.69) is 39.7 Å². The van der Waals surface area contributed by atoms with Gasteiger partial charge in [-0.3, -0.25) is 4.98 Å². The Labute approximate surface area is 134 Å². The average molecular weight is 308 g/mol. The Morgan fingerprint density at radius 2 is 2.09 bits per heavy atom. The minimum Gasteiger partial charge on any atom is -0.412 e. The number of nitrogens with one attached hydrogen (secondary N) is 1. The topological polar surface area (TPSA) is 63.0 Å². The zero-order valence-corrected chi connectivity index (χ0v) is 12.9. The van der Waals surface area contributed by atoms with E-state index in [1.165, 1.54) is 11.1 Å². The van der Waals surface area contributed by atoms with Crippen LogP contribution < -0.4 is 5.32 Å². The fourth-order valence-electron chi connectivity index (χ4n) is 3.44. The van der Waals surface area contributed by atoms with E-state index in [1.807, 2.05) is 12.3 Å². The normalized spacial score (nSPS) is 16.0. The van der Waals surface area contributed by atoms with E-state index in [0.717, 1.165) is 53.8 Å². The van der Waals surface area contributed by atoms with Crippen LogP contribution in [0.2, 0.25) is 0 Å². The quantitative estimate of drug-likeness (QED) is 0.730. The number of hydrogen-bond donors (Lipinski definition) is 2. The van der Waals surface area contributed by atoms with E-state index in [-0.39, 0.29) is 0 Å². The predicted octanol–water partition coefficient (Wildman–Crippen LogP) is 2.73. The Hall–Kier alpha value is -2.40. The van der Waals surface area contributed by atoms with Gasteiger partial charge >= 0.3 is 0 Å². The third-order valence-electron chi connectivity index (χ3n) is 4.63. The van der Waals surface area contributed by atoms with Gasteiger partial charge in [-0.25, -0.2) is 0 Å². The van der Waals surface area contributed by atoms with Gasteiger partial charge in [-0.05, 0) is 49.5 Å². The van der Waals surface area contributed by atoms with Crippen LogP contribution in [-0.2, 0) is 6.42 Å². The molecule has 1 aromatic carbocycles. The molecule has 1 aliphatic rings. The van der Waals surface area contributed by atoms with Crippen molar-refractivity contribution in [2.45, 2.75) is 25.2 Å². The summed E-state index contributed by atoms with van der Waals surface area (Å²) in [6, 6.07) is 10.3. The highest BCUT2D eigenvalue weighted by atomic mass is 16.5. The molecule has 0 bridgehead atoms. The van der Waals surface area contributed by atoms with Crippen LogP contribution in [0.4, 0.5) is 0 Å². The second kappa shape index (κ2) is 6.01. The maximum Gasteiger partial charge on any atom is 0.0738 e. The van der Waals surface area contributed by atoms with Gasteiger partial charge in [0, 0.05) is 23.6 Å². The second-order valence-electron chi connectivity index (χ2n) is 6.18. The van der Waals surface area contributed by atoms with Crippen molar-refractivity contribution in [1.82, 2.24) is 20.2 Å². The number of nitrogens with zero attached hydrogens (tertiary/aromatic N) is 3. The molecule has 3 heterocycles. The molecule has 2 N–H and O–H groups in total. The molecule has 3 aromatic rings. The first-order valence-corrected chi connectivity index (χ1v) is 8.12.